The smallest absolute Gasteiger partial charge is 0.382 e. The van der Waals surface area contributed by atoms with Gasteiger partial charge >= 0.3 is 6.18 Å². The van der Waals surface area contributed by atoms with E-state index in [1.54, 1.807) is 24.5 Å². The average Bonchev–Trinajstić information content (AvgIpc) is 3.21. The lowest BCUT2D eigenvalue weighted by atomic mass is 10.1. The van der Waals surface area contributed by atoms with Crippen molar-refractivity contribution >= 4 is 18.2 Å². The summed E-state index contributed by atoms with van der Waals surface area (Å²) in [5, 5.41) is 13.1. The molecule has 3 heterocycles. The van der Waals surface area contributed by atoms with Crippen LogP contribution < -0.4 is 4.90 Å². The van der Waals surface area contributed by atoms with E-state index in [-0.39, 0.29) is 18.2 Å². The van der Waals surface area contributed by atoms with Gasteiger partial charge in [-0.15, -0.1) is 12.4 Å². The highest BCUT2D eigenvalue weighted by molar-refractivity contribution is 5.85. The monoisotopic (exact) mass is 486 g/mol. The van der Waals surface area contributed by atoms with Crippen molar-refractivity contribution in [1.29, 1.82) is 0 Å². The van der Waals surface area contributed by atoms with Gasteiger partial charge in [0.1, 0.15) is 11.5 Å². The lowest BCUT2D eigenvalue weighted by Crippen LogP contribution is -2.46. The molecular formula is C21H23ClF4N6O. The fourth-order valence-electron chi connectivity index (χ4n) is 3.62. The Hall–Kier alpha value is -2.76. The van der Waals surface area contributed by atoms with Gasteiger partial charge < -0.3 is 10.0 Å². The SMILES string of the molecule is Cl.OC(Cn1cc(CN2CCN(c3nccnc3-c3ccc(F)cc3)CC2)cn1)C(F)(F)F. The van der Waals surface area contributed by atoms with E-state index in [0.717, 1.165) is 34.7 Å². The number of aromatic nitrogens is 4. The Morgan fingerprint density at radius 2 is 1.67 bits per heavy atom. The van der Waals surface area contributed by atoms with Crippen molar-refractivity contribution in [2.24, 2.45) is 0 Å². The fourth-order valence-corrected chi connectivity index (χ4v) is 3.62. The van der Waals surface area contributed by atoms with Crippen LogP contribution >= 0.6 is 12.4 Å². The summed E-state index contributed by atoms with van der Waals surface area (Å²) in [6.45, 7) is 2.73. The molecule has 1 aromatic carbocycles. The van der Waals surface area contributed by atoms with Crippen LogP contribution in [0.5, 0.6) is 0 Å². The predicted molar refractivity (Wildman–Crippen MR) is 116 cm³/mol. The van der Waals surface area contributed by atoms with E-state index in [4.69, 9.17) is 0 Å². The van der Waals surface area contributed by atoms with Crippen LogP contribution in [0.4, 0.5) is 23.4 Å². The molecular weight excluding hydrogens is 464 g/mol. The molecule has 0 radical (unpaired) electrons. The maximum Gasteiger partial charge on any atom is 0.416 e. The summed E-state index contributed by atoms with van der Waals surface area (Å²) in [4.78, 5) is 13.2. The van der Waals surface area contributed by atoms with Crippen LogP contribution in [0.25, 0.3) is 11.3 Å². The Kier molecular flexibility index (Phi) is 7.88. The Balaban J connectivity index is 0.00000306. The van der Waals surface area contributed by atoms with E-state index < -0.39 is 18.8 Å². The molecule has 1 aliphatic heterocycles. The van der Waals surface area contributed by atoms with Crippen LogP contribution in [0.1, 0.15) is 5.56 Å². The summed E-state index contributed by atoms with van der Waals surface area (Å²) in [5.74, 6) is 0.414. The lowest BCUT2D eigenvalue weighted by Gasteiger charge is -2.35. The van der Waals surface area contributed by atoms with Gasteiger partial charge in [0, 0.05) is 62.4 Å². The molecule has 7 nitrogen and oxygen atoms in total. The van der Waals surface area contributed by atoms with Crippen molar-refractivity contribution in [3.63, 3.8) is 0 Å². The van der Waals surface area contributed by atoms with Gasteiger partial charge in [-0.2, -0.15) is 18.3 Å². The van der Waals surface area contributed by atoms with Crippen molar-refractivity contribution in [2.45, 2.75) is 25.4 Å². The maximum atomic E-state index is 13.3. The molecule has 12 heteroatoms. The minimum Gasteiger partial charge on any atom is -0.382 e. The predicted octanol–water partition coefficient (Wildman–Crippen LogP) is 3.15. The second-order valence-electron chi connectivity index (χ2n) is 7.63. The average molecular weight is 487 g/mol. The van der Waals surface area contributed by atoms with Crippen molar-refractivity contribution < 1.29 is 22.7 Å². The Morgan fingerprint density at radius 3 is 2.33 bits per heavy atom. The first-order chi connectivity index (χ1) is 15.3. The number of piperazine rings is 1. The van der Waals surface area contributed by atoms with Crippen molar-refractivity contribution in [1.82, 2.24) is 24.6 Å². The molecule has 33 heavy (non-hydrogen) atoms. The minimum atomic E-state index is -4.67. The zero-order valence-corrected chi connectivity index (χ0v) is 18.3. The molecule has 0 aliphatic carbocycles. The number of aliphatic hydroxyl groups excluding tert-OH is 1. The molecule has 3 aromatic rings. The number of benzene rings is 1. The van der Waals surface area contributed by atoms with Crippen molar-refractivity contribution in [3.05, 3.63) is 60.4 Å². The van der Waals surface area contributed by atoms with Gasteiger partial charge in [0.15, 0.2) is 11.9 Å². The number of aliphatic hydroxyl groups is 1. The highest BCUT2D eigenvalue weighted by Gasteiger charge is 2.38. The minimum absolute atomic E-state index is 0. The summed E-state index contributed by atoms with van der Waals surface area (Å²) in [6, 6.07) is 6.12. The Bertz CT molecular complexity index is 1040. The van der Waals surface area contributed by atoms with Crippen LogP contribution in [0.3, 0.4) is 0 Å². The number of nitrogens with zero attached hydrogens (tertiary/aromatic N) is 6. The first-order valence-electron chi connectivity index (χ1n) is 10.1. The van der Waals surface area contributed by atoms with Gasteiger partial charge in [-0.05, 0) is 24.3 Å². The molecule has 1 atom stereocenters. The van der Waals surface area contributed by atoms with Crippen LogP contribution in [0.2, 0.25) is 0 Å². The molecule has 0 saturated carbocycles. The quantitative estimate of drug-likeness (QED) is 0.540. The molecule has 178 valence electrons. The molecule has 1 saturated heterocycles. The second-order valence-corrected chi connectivity index (χ2v) is 7.63. The number of hydrogen-bond acceptors (Lipinski definition) is 6. The third kappa shape index (κ3) is 6.18. The highest BCUT2D eigenvalue weighted by Crippen LogP contribution is 2.27. The van der Waals surface area contributed by atoms with Crippen LogP contribution in [-0.4, -0.2) is 68.2 Å². The van der Waals surface area contributed by atoms with Crippen LogP contribution in [0, 0.1) is 5.82 Å². The van der Waals surface area contributed by atoms with Crippen LogP contribution in [-0.2, 0) is 13.1 Å². The highest BCUT2D eigenvalue weighted by atomic mass is 35.5. The fraction of sp³-hybridized carbons (Fsp3) is 0.381. The topological polar surface area (TPSA) is 70.3 Å². The zero-order chi connectivity index (χ0) is 22.7. The van der Waals surface area contributed by atoms with E-state index in [2.05, 4.69) is 24.9 Å². The standard InChI is InChI=1S/C21H22F4N6O.ClH/c22-17-3-1-16(2-4-17)19-20(27-6-5-26-19)30-9-7-29(8-10-30)12-15-11-28-31(13-15)14-18(32)21(23,24)25;/h1-6,11,13,18,32H,7-10,12,14H2;1H. The van der Waals surface area contributed by atoms with Gasteiger partial charge in [0.2, 0.25) is 0 Å². The summed E-state index contributed by atoms with van der Waals surface area (Å²) in [7, 11) is 0. The van der Waals surface area contributed by atoms with E-state index in [1.165, 1.54) is 24.5 Å². The molecule has 2 aromatic heterocycles. The largest absolute Gasteiger partial charge is 0.416 e. The van der Waals surface area contributed by atoms with E-state index in [9.17, 15) is 22.7 Å². The Labute approximate surface area is 194 Å². The molecule has 0 bridgehead atoms. The summed E-state index contributed by atoms with van der Waals surface area (Å²) in [6.07, 6.45) is -0.845. The number of halogens is 5. The molecule has 0 spiro atoms. The van der Waals surface area contributed by atoms with Gasteiger partial charge in [0.05, 0.1) is 12.7 Å². The van der Waals surface area contributed by atoms with Gasteiger partial charge in [-0.25, -0.2) is 9.37 Å². The normalized spacial score (nSPS) is 15.8. The zero-order valence-electron chi connectivity index (χ0n) is 17.5. The first kappa shape index (κ1) is 24.9. The van der Waals surface area contributed by atoms with Gasteiger partial charge in [0.25, 0.3) is 0 Å². The molecule has 1 fully saturated rings. The third-order valence-corrected chi connectivity index (χ3v) is 5.30. The summed E-state index contributed by atoms with van der Waals surface area (Å²) >= 11 is 0. The van der Waals surface area contributed by atoms with Gasteiger partial charge in [-0.1, -0.05) is 0 Å². The third-order valence-electron chi connectivity index (χ3n) is 5.30. The van der Waals surface area contributed by atoms with E-state index >= 15 is 0 Å². The first-order valence-corrected chi connectivity index (χ1v) is 10.1. The number of alkyl halides is 3. The van der Waals surface area contributed by atoms with E-state index in [1.807, 2.05) is 0 Å². The Morgan fingerprint density at radius 1 is 1.00 bits per heavy atom. The summed E-state index contributed by atoms with van der Waals surface area (Å²) < 4.78 is 51.9. The van der Waals surface area contributed by atoms with Gasteiger partial charge in [-0.3, -0.25) is 14.6 Å². The second kappa shape index (κ2) is 10.4. The van der Waals surface area contributed by atoms with Crippen LogP contribution in [0.15, 0.2) is 49.1 Å². The molecule has 1 aliphatic rings. The number of anilines is 1. The van der Waals surface area contributed by atoms with Crippen molar-refractivity contribution in [3.8, 4) is 11.3 Å². The summed E-state index contributed by atoms with van der Waals surface area (Å²) in [5.41, 5.74) is 2.25. The number of hydrogen-bond donors (Lipinski definition) is 1. The molecule has 1 N–H and O–H groups in total. The molecule has 1 unspecified atom stereocenters. The maximum absolute atomic E-state index is 13.3. The lowest BCUT2D eigenvalue weighted by molar-refractivity contribution is -0.208. The molecule has 4 rings (SSSR count). The number of rotatable bonds is 6. The van der Waals surface area contributed by atoms with E-state index in [0.29, 0.717) is 25.3 Å². The molecule has 0 amide bonds. The van der Waals surface area contributed by atoms with Crippen molar-refractivity contribution in [2.75, 3.05) is 31.1 Å².